The van der Waals surface area contributed by atoms with E-state index in [-0.39, 0.29) is 12.1 Å². The van der Waals surface area contributed by atoms with E-state index < -0.39 is 23.5 Å². The standard InChI is InChI=1S/C23H26BrN5O4/c1-13(26-20(30)21(31)27-16-5-6-16)11-14-7-9-23(10-8-14)19(28-29-22(32)33-23)17-4-2-3-15(12-25)18(17)24/h2-4,13-14,16H,5-11H2,1H3,(H,26,30)(H,27,31)(H,29,32)/t13-,14?,23?/m0/s1. The number of amides is 3. The van der Waals surface area contributed by atoms with Gasteiger partial charge in [-0.05, 0) is 79.8 Å². The third-order valence-electron chi connectivity index (χ3n) is 6.45. The van der Waals surface area contributed by atoms with E-state index in [9.17, 15) is 19.6 Å². The number of carbonyl (C=O) groups is 3. The van der Waals surface area contributed by atoms with Gasteiger partial charge in [-0.15, -0.1) is 0 Å². The van der Waals surface area contributed by atoms with Crippen molar-refractivity contribution >= 4 is 39.5 Å². The zero-order chi connectivity index (χ0) is 23.6. The average Bonchev–Trinajstić information content (AvgIpc) is 3.60. The van der Waals surface area contributed by atoms with Crippen LogP contribution in [0.2, 0.25) is 0 Å². The molecule has 10 heteroatoms. The Morgan fingerprint density at radius 2 is 2.03 bits per heavy atom. The van der Waals surface area contributed by atoms with E-state index in [1.165, 1.54) is 0 Å². The molecule has 2 saturated carbocycles. The van der Waals surface area contributed by atoms with Crippen LogP contribution in [0.1, 0.15) is 63.0 Å². The van der Waals surface area contributed by atoms with E-state index in [1.807, 2.05) is 13.0 Å². The fourth-order valence-electron chi connectivity index (χ4n) is 4.60. The number of carbonyl (C=O) groups excluding carboxylic acids is 3. The third-order valence-corrected chi connectivity index (χ3v) is 7.30. The highest BCUT2D eigenvalue weighted by molar-refractivity contribution is 9.10. The number of hydrogen-bond acceptors (Lipinski definition) is 6. The summed E-state index contributed by atoms with van der Waals surface area (Å²) >= 11 is 3.50. The summed E-state index contributed by atoms with van der Waals surface area (Å²) in [5.74, 6) is -0.855. The van der Waals surface area contributed by atoms with Gasteiger partial charge in [0.05, 0.1) is 5.56 Å². The second kappa shape index (κ2) is 9.51. The van der Waals surface area contributed by atoms with Crippen LogP contribution in [0, 0.1) is 17.2 Å². The normalized spacial score (nSPS) is 25.2. The molecule has 2 fully saturated rings. The summed E-state index contributed by atoms with van der Waals surface area (Å²) in [6, 6.07) is 7.48. The van der Waals surface area contributed by atoms with E-state index >= 15 is 0 Å². The molecule has 33 heavy (non-hydrogen) atoms. The minimum Gasteiger partial charge on any atom is -0.435 e. The first kappa shape index (κ1) is 23.2. The van der Waals surface area contributed by atoms with Gasteiger partial charge < -0.3 is 15.4 Å². The smallest absolute Gasteiger partial charge is 0.428 e. The molecule has 1 heterocycles. The summed E-state index contributed by atoms with van der Waals surface area (Å²) in [6.45, 7) is 1.90. The van der Waals surface area contributed by atoms with Gasteiger partial charge >= 0.3 is 17.9 Å². The first-order chi connectivity index (χ1) is 15.8. The molecule has 1 aromatic rings. The Morgan fingerprint density at radius 1 is 1.30 bits per heavy atom. The molecule has 0 aromatic heterocycles. The number of hydrazone groups is 1. The zero-order valence-corrected chi connectivity index (χ0v) is 19.9. The maximum absolute atomic E-state index is 12.1. The van der Waals surface area contributed by atoms with Gasteiger partial charge in [0, 0.05) is 22.1 Å². The highest BCUT2D eigenvalue weighted by Gasteiger charge is 2.47. The molecule has 0 radical (unpaired) electrons. The largest absolute Gasteiger partial charge is 0.435 e. The average molecular weight is 516 g/mol. The van der Waals surface area contributed by atoms with Crippen molar-refractivity contribution in [1.82, 2.24) is 16.1 Å². The van der Waals surface area contributed by atoms with Gasteiger partial charge in [-0.2, -0.15) is 10.4 Å². The van der Waals surface area contributed by atoms with E-state index in [4.69, 9.17) is 4.74 Å². The van der Waals surface area contributed by atoms with Crippen molar-refractivity contribution in [2.24, 2.45) is 11.0 Å². The van der Waals surface area contributed by atoms with Gasteiger partial charge in [0.1, 0.15) is 11.8 Å². The minimum atomic E-state index is -0.869. The summed E-state index contributed by atoms with van der Waals surface area (Å²) in [6.07, 6.45) is 4.71. The van der Waals surface area contributed by atoms with Crippen LogP contribution in [0.3, 0.4) is 0 Å². The summed E-state index contributed by atoms with van der Waals surface area (Å²) in [5.41, 5.74) is 3.32. The van der Waals surface area contributed by atoms with Crippen LogP contribution in [0.5, 0.6) is 0 Å². The number of hydrogen-bond donors (Lipinski definition) is 3. The van der Waals surface area contributed by atoms with Crippen LogP contribution in [-0.2, 0) is 14.3 Å². The Kier molecular flexibility index (Phi) is 6.70. The molecule has 1 aromatic carbocycles. The lowest BCUT2D eigenvalue weighted by Gasteiger charge is -2.42. The summed E-state index contributed by atoms with van der Waals surface area (Å²) < 4.78 is 6.41. The molecule has 3 N–H and O–H groups in total. The van der Waals surface area contributed by atoms with Gasteiger partial charge in [-0.1, -0.05) is 12.1 Å². The Bertz CT molecular complexity index is 1040. The van der Waals surface area contributed by atoms with Gasteiger partial charge in [0.2, 0.25) is 0 Å². The molecule has 9 nitrogen and oxygen atoms in total. The van der Waals surface area contributed by atoms with Gasteiger partial charge in [-0.3, -0.25) is 9.59 Å². The minimum absolute atomic E-state index is 0.144. The Labute approximate surface area is 200 Å². The third kappa shape index (κ3) is 5.19. The molecule has 3 aliphatic rings. The van der Waals surface area contributed by atoms with E-state index in [2.05, 4.69) is 43.2 Å². The van der Waals surface area contributed by atoms with Crippen LogP contribution < -0.4 is 16.1 Å². The number of nitrogens with one attached hydrogen (secondary N) is 3. The first-order valence-electron chi connectivity index (χ1n) is 11.2. The first-order valence-corrected chi connectivity index (χ1v) is 12.0. The van der Waals surface area contributed by atoms with Crippen LogP contribution in [0.4, 0.5) is 4.79 Å². The quantitative estimate of drug-likeness (QED) is 0.518. The number of benzene rings is 1. The van der Waals surface area contributed by atoms with E-state index in [0.717, 1.165) is 37.7 Å². The monoisotopic (exact) mass is 515 g/mol. The van der Waals surface area contributed by atoms with E-state index in [1.54, 1.807) is 12.1 Å². The summed E-state index contributed by atoms with van der Waals surface area (Å²) in [7, 11) is 0. The van der Waals surface area contributed by atoms with Crippen molar-refractivity contribution in [3.8, 4) is 6.07 Å². The maximum atomic E-state index is 12.1. The molecule has 0 unspecified atom stereocenters. The molecule has 4 rings (SSSR count). The molecule has 1 spiro atoms. The SMILES string of the molecule is C[C@@H](CC1CCC2(CC1)OC(=O)NN=C2c1cccc(C#N)c1Br)NC(=O)C(=O)NC1CC1. The molecule has 0 saturated heterocycles. The Morgan fingerprint density at radius 3 is 2.70 bits per heavy atom. The number of nitrogens with zero attached hydrogens (tertiary/aromatic N) is 2. The number of rotatable bonds is 5. The molecule has 1 aliphatic heterocycles. The van der Waals surface area contributed by atoms with Crippen LogP contribution in [-0.4, -0.2) is 41.3 Å². The Hall–Kier alpha value is -2.93. The lowest BCUT2D eigenvalue weighted by Crippen LogP contribution is -2.52. The summed E-state index contributed by atoms with van der Waals surface area (Å²) in [4.78, 5) is 36.0. The molecule has 174 valence electrons. The lowest BCUT2D eigenvalue weighted by molar-refractivity contribution is -0.139. The van der Waals surface area contributed by atoms with Crippen LogP contribution >= 0.6 is 15.9 Å². The number of nitriles is 1. The van der Waals surface area contributed by atoms with Gasteiger partial charge in [0.15, 0.2) is 5.60 Å². The molecular weight excluding hydrogens is 490 g/mol. The van der Waals surface area contributed by atoms with Crippen molar-refractivity contribution in [2.45, 2.75) is 69.6 Å². The molecular formula is C23H26BrN5O4. The van der Waals surface area contributed by atoms with Crippen molar-refractivity contribution in [1.29, 1.82) is 5.26 Å². The van der Waals surface area contributed by atoms with Gasteiger partial charge in [0.25, 0.3) is 0 Å². The second-order valence-electron chi connectivity index (χ2n) is 9.04. The van der Waals surface area contributed by atoms with E-state index in [0.29, 0.717) is 34.5 Å². The predicted molar refractivity (Wildman–Crippen MR) is 123 cm³/mol. The van der Waals surface area contributed by atoms with Gasteiger partial charge in [-0.25, -0.2) is 10.2 Å². The number of ether oxygens (including phenoxy) is 1. The highest BCUT2D eigenvalue weighted by atomic mass is 79.9. The van der Waals surface area contributed by atoms with Crippen LogP contribution in [0.25, 0.3) is 0 Å². The molecule has 1 atom stereocenters. The molecule has 0 bridgehead atoms. The predicted octanol–water partition coefficient (Wildman–Crippen LogP) is 2.87. The van der Waals surface area contributed by atoms with Crippen molar-refractivity contribution in [3.05, 3.63) is 33.8 Å². The molecule has 3 amide bonds. The number of halogens is 1. The van der Waals surface area contributed by atoms with Crippen LogP contribution in [0.15, 0.2) is 27.8 Å². The fraction of sp³-hybridized carbons (Fsp3) is 0.522. The van der Waals surface area contributed by atoms with Crippen molar-refractivity contribution in [2.75, 3.05) is 0 Å². The second-order valence-corrected chi connectivity index (χ2v) is 9.83. The highest BCUT2D eigenvalue weighted by Crippen LogP contribution is 2.41. The fourth-order valence-corrected chi connectivity index (χ4v) is 5.15. The maximum Gasteiger partial charge on any atom is 0.428 e. The van der Waals surface area contributed by atoms with Crippen molar-refractivity contribution in [3.63, 3.8) is 0 Å². The summed E-state index contributed by atoms with van der Waals surface area (Å²) in [5, 5.41) is 19.2. The molecule has 2 aliphatic carbocycles. The zero-order valence-electron chi connectivity index (χ0n) is 18.3. The lowest BCUT2D eigenvalue weighted by atomic mass is 9.72. The van der Waals surface area contributed by atoms with Crippen molar-refractivity contribution < 1.29 is 19.1 Å². The Balaban J connectivity index is 1.40. The topological polar surface area (TPSA) is 133 Å².